The van der Waals surface area contributed by atoms with Crippen molar-refractivity contribution in [3.05, 3.63) is 0 Å². The Bertz CT molecular complexity index is 475. The van der Waals surface area contributed by atoms with Gasteiger partial charge in [0.2, 0.25) is 5.91 Å². The number of fused-ring (bicyclic) bond motifs is 2. The van der Waals surface area contributed by atoms with E-state index in [1.54, 1.807) is 0 Å². The summed E-state index contributed by atoms with van der Waals surface area (Å²) in [6.07, 6.45) is 11.5. The van der Waals surface area contributed by atoms with Crippen molar-refractivity contribution in [1.29, 1.82) is 0 Å². The second-order valence-corrected chi connectivity index (χ2v) is 6.62. The van der Waals surface area contributed by atoms with Crippen LogP contribution in [0.15, 0.2) is 10.2 Å². The first-order chi connectivity index (χ1) is 10.1. The van der Waals surface area contributed by atoms with Gasteiger partial charge in [-0.15, -0.1) is 12.3 Å². The second-order valence-electron chi connectivity index (χ2n) is 6.62. The van der Waals surface area contributed by atoms with Gasteiger partial charge in [-0.2, -0.15) is 10.2 Å². The minimum atomic E-state index is -0.330. The van der Waals surface area contributed by atoms with E-state index in [4.69, 9.17) is 6.42 Å². The predicted octanol–water partition coefficient (Wildman–Crippen LogP) is 2.04. The third-order valence-corrected chi connectivity index (χ3v) is 5.07. The summed E-state index contributed by atoms with van der Waals surface area (Å²) in [6, 6.07) is 0.854. The molecule has 5 nitrogen and oxygen atoms in total. The van der Waals surface area contributed by atoms with Crippen LogP contribution in [0.3, 0.4) is 0 Å². The molecule has 0 saturated carbocycles. The summed E-state index contributed by atoms with van der Waals surface area (Å²) in [7, 11) is 2.15. The van der Waals surface area contributed by atoms with Crippen LogP contribution in [0, 0.1) is 12.3 Å². The molecule has 3 rings (SSSR count). The zero-order chi connectivity index (χ0) is 14.9. The molecule has 5 heteroatoms. The molecule has 2 bridgehead atoms. The topological polar surface area (TPSA) is 48.3 Å². The quantitative estimate of drug-likeness (QED) is 0.727. The van der Waals surface area contributed by atoms with Gasteiger partial charge in [-0.3, -0.25) is 4.79 Å². The van der Waals surface area contributed by atoms with Crippen molar-refractivity contribution in [1.82, 2.24) is 9.80 Å². The van der Waals surface area contributed by atoms with Gasteiger partial charge in [-0.05, 0) is 32.9 Å². The molecule has 3 aliphatic heterocycles. The first kappa shape index (κ1) is 14.5. The average Bonchev–Trinajstić information content (AvgIpc) is 3.16. The zero-order valence-electron chi connectivity index (χ0n) is 12.8. The van der Waals surface area contributed by atoms with Gasteiger partial charge in [-0.25, -0.2) is 0 Å². The van der Waals surface area contributed by atoms with Gasteiger partial charge in [-0.1, -0.05) is 0 Å². The lowest BCUT2D eigenvalue weighted by Gasteiger charge is -2.28. The Kier molecular flexibility index (Phi) is 3.99. The Balaban J connectivity index is 1.55. The van der Waals surface area contributed by atoms with E-state index in [1.165, 1.54) is 6.42 Å². The molecular formula is C16H24N4O. The van der Waals surface area contributed by atoms with Crippen molar-refractivity contribution in [2.75, 3.05) is 20.1 Å². The molecule has 2 fully saturated rings. The normalized spacial score (nSPS) is 30.0. The lowest BCUT2D eigenvalue weighted by atomic mass is 10.0. The Morgan fingerprint density at radius 2 is 2.05 bits per heavy atom. The fourth-order valence-electron chi connectivity index (χ4n) is 3.76. The number of hydrogen-bond acceptors (Lipinski definition) is 4. The van der Waals surface area contributed by atoms with Crippen molar-refractivity contribution in [2.24, 2.45) is 10.2 Å². The minimum absolute atomic E-state index is 0.287. The molecule has 0 spiro atoms. The summed E-state index contributed by atoms with van der Waals surface area (Å²) in [5.74, 6) is 2.92. The number of rotatable bonds is 5. The molecule has 0 aliphatic carbocycles. The van der Waals surface area contributed by atoms with Gasteiger partial charge in [0.05, 0.1) is 0 Å². The molecule has 0 aromatic carbocycles. The molecule has 0 unspecified atom stereocenters. The largest absolute Gasteiger partial charge is 0.335 e. The van der Waals surface area contributed by atoms with Crippen LogP contribution in [0.2, 0.25) is 0 Å². The highest BCUT2D eigenvalue weighted by molar-refractivity contribution is 5.77. The molecule has 2 saturated heterocycles. The average molecular weight is 288 g/mol. The van der Waals surface area contributed by atoms with E-state index < -0.39 is 0 Å². The summed E-state index contributed by atoms with van der Waals surface area (Å²) < 4.78 is 0. The molecule has 3 heterocycles. The van der Waals surface area contributed by atoms with E-state index in [0.29, 0.717) is 24.9 Å². The van der Waals surface area contributed by atoms with E-state index >= 15 is 0 Å². The van der Waals surface area contributed by atoms with Crippen molar-refractivity contribution >= 4 is 5.91 Å². The number of likely N-dealkylation sites (tertiary alicyclic amines) is 1. The number of amides is 1. The first-order valence-corrected chi connectivity index (χ1v) is 8.01. The summed E-state index contributed by atoms with van der Waals surface area (Å²) in [5.41, 5.74) is -0.330. The number of likely N-dealkylation sites (N-methyl/N-ethyl adjacent to an activating group) is 1. The Labute approximate surface area is 126 Å². The summed E-state index contributed by atoms with van der Waals surface area (Å²) in [5, 5.41) is 8.25. The van der Waals surface area contributed by atoms with Crippen LogP contribution in [0.5, 0.6) is 0 Å². The van der Waals surface area contributed by atoms with Gasteiger partial charge in [0.15, 0.2) is 5.66 Å². The van der Waals surface area contributed by atoms with Crippen molar-refractivity contribution in [2.45, 2.75) is 62.7 Å². The van der Waals surface area contributed by atoms with Crippen LogP contribution in [0.4, 0.5) is 0 Å². The summed E-state index contributed by atoms with van der Waals surface area (Å²) in [4.78, 5) is 17.2. The smallest absolute Gasteiger partial charge is 0.223 e. The Morgan fingerprint density at radius 3 is 2.76 bits per heavy atom. The third-order valence-electron chi connectivity index (χ3n) is 5.07. The lowest BCUT2D eigenvalue weighted by Crippen LogP contribution is -2.43. The Hall–Kier alpha value is -1.41. The third kappa shape index (κ3) is 3.11. The number of carbonyl (C=O) groups is 1. The second kappa shape index (κ2) is 5.76. The highest BCUT2D eigenvalue weighted by Gasteiger charge is 2.42. The molecule has 0 radical (unpaired) electrons. The standard InChI is InChI=1S/C16H24N4O/c1-3-4-9-16(17-18-16)10-7-15(21)20-13-5-6-14(20)12-19(2)11-8-13/h1,13-14H,4-12H2,2H3/t13-,14+/m0/s1. The lowest BCUT2D eigenvalue weighted by molar-refractivity contribution is -0.134. The highest BCUT2D eigenvalue weighted by atomic mass is 16.2. The van der Waals surface area contributed by atoms with Crippen molar-refractivity contribution in [3.8, 4) is 12.3 Å². The molecule has 1 amide bonds. The summed E-state index contributed by atoms with van der Waals surface area (Å²) >= 11 is 0. The molecule has 0 N–H and O–H groups in total. The van der Waals surface area contributed by atoms with E-state index in [2.05, 4.69) is 33.0 Å². The fourth-order valence-corrected chi connectivity index (χ4v) is 3.76. The van der Waals surface area contributed by atoms with Gasteiger partial charge in [0.1, 0.15) is 0 Å². The predicted molar refractivity (Wildman–Crippen MR) is 80.7 cm³/mol. The minimum Gasteiger partial charge on any atom is -0.335 e. The number of carbonyl (C=O) groups excluding carboxylic acids is 1. The highest BCUT2D eigenvalue weighted by Crippen LogP contribution is 2.38. The van der Waals surface area contributed by atoms with E-state index in [9.17, 15) is 4.79 Å². The van der Waals surface area contributed by atoms with Crippen molar-refractivity contribution in [3.63, 3.8) is 0 Å². The van der Waals surface area contributed by atoms with Gasteiger partial charge in [0, 0.05) is 44.3 Å². The molecule has 0 aromatic heterocycles. The van der Waals surface area contributed by atoms with E-state index in [0.717, 1.165) is 38.8 Å². The van der Waals surface area contributed by atoms with Crippen LogP contribution < -0.4 is 0 Å². The zero-order valence-corrected chi connectivity index (χ0v) is 12.8. The molecule has 21 heavy (non-hydrogen) atoms. The van der Waals surface area contributed by atoms with Gasteiger partial charge in [0.25, 0.3) is 0 Å². The molecular weight excluding hydrogens is 264 g/mol. The van der Waals surface area contributed by atoms with Crippen LogP contribution >= 0.6 is 0 Å². The van der Waals surface area contributed by atoms with Gasteiger partial charge >= 0.3 is 0 Å². The monoisotopic (exact) mass is 288 g/mol. The van der Waals surface area contributed by atoms with E-state index in [1.807, 2.05) is 0 Å². The number of terminal acetylenes is 1. The first-order valence-electron chi connectivity index (χ1n) is 8.01. The molecule has 3 aliphatic rings. The Morgan fingerprint density at radius 1 is 1.29 bits per heavy atom. The van der Waals surface area contributed by atoms with Crippen molar-refractivity contribution < 1.29 is 4.79 Å². The van der Waals surface area contributed by atoms with Crippen LogP contribution in [0.1, 0.15) is 44.9 Å². The van der Waals surface area contributed by atoms with Crippen LogP contribution in [0.25, 0.3) is 0 Å². The SMILES string of the molecule is C#CCCC1(CCC(=O)N2[C@H]3CC[C@@H]2CN(C)CC3)N=N1. The maximum absolute atomic E-state index is 12.7. The van der Waals surface area contributed by atoms with Gasteiger partial charge < -0.3 is 9.80 Å². The molecule has 0 aromatic rings. The maximum atomic E-state index is 12.7. The fraction of sp³-hybridized carbons (Fsp3) is 0.812. The summed E-state index contributed by atoms with van der Waals surface area (Å²) in [6.45, 7) is 2.11. The number of nitrogens with zero attached hydrogens (tertiary/aromatic N) is 4. The van der Waals surface area contributed by atoms with Crippen LogP contribution in [-0.4, -0.2) is 53.6 Å². The number of hydrogen-bond donors (Lipinski definition) is 0. The molecule has 2 atom stereocenters. The van der Waals surface area contributed by atoms with E-state index in [-0.39, 0.29) is 11.6 Å². The van der Waals surface area contributed by atoms with Crippen LogP contribution in [-0.2, 0) is 4.79 Å². The maximum Gasteiger partial charge on any atom is 0.223 e. The molecule has 114 valence electrons.